The minimum absolute atomic E-state index is 0.0191. The molecule has 0 heterocycles. The minimum atomic E-state index is -1.14. The summed E-state index contributed by atoms with van der Waals surface area (Å²) in [6.45, 7) is 4.36. The summed E-state index contributed by atoms with van der Waals surface area (Å²) in [7, 11) is 5.39. The topological polar surface area (TPSA) is 102 Å². The Labute approximate surface area is 391 Å². The lowest BCUT2D eigenvalue weighted by molar-refractivity contribution is -0.889. The van der Waals surface area contributed by atoms with E-state index in [1.165, 1.54) is 77.0 Å². The molecule has 64 heavy (non-hydrogen) atoms. The number of carbonyl (C=O) groups excluding carboxylic acids is 3. The highest BCUT2D eigenvalue weighted by Crippen LogP contribution is 2.15. The van der Waals surface area contributed by atoms with Crippen LogP contribution in [0.4, 0.5) is 0 Å². The Hall–Kier alpha value is -4.01. The molecular formula is C56H91NO7. The van der Waals surface area contributed by atoms with E-state index in [4.69, 9.17) is 14.2 Å². The molecule has 0 aliphatic carbocycles. The monoisotopic (exact) mass is 890 g/mol. The molecule has 0 aliphatic rings. The zero-order valence-electron chi connectivity index (χ0n) is 41.2. The van der Waals surface area contributed by atoms with Crippen LogP contribution in [0.15, 0.2) is 109 Å². The smallest absolute Gasteiger partial charge is 0.306 e. The van der Waals surface area contributed by atoms with Gasteiger partial charge in [-0.25, -0.2) is 0 Å². The number of likely N-dealkylation sites (N-methyl/N-ethyl adjacent to an activating group) is 1. The van der Waals surface area contributed by atoms with Crippen molar-refractivity contribution in [3.8, 4) is 0 Å². The van der Waals surface area contributed by atoms with E-state index in [1.807, 2.05) is 72.9 Å². The maximum absolute atomic E-state index is 12.8. The molecule has 0 spiro atoms. The van der Waals surface area contributed by atoms with Gasteiger partial charge in [0.2, 0.25) is 0 Å². The molecule has 0 saturated carbocycles. The van der Waals surface area contributed by atoms with Gasteiger partial charge in [0.1, 0.15) is 12.6 Å². The number of hydrogen-bond acceptors (Lipinski definition) is 7. The van der Waals surface area contributed by atoms with Crippen LogP contribution in [0.3, 0.4) is 0 Å². The van der Waals surface area contributed by atoms with Gasteiger partial charge < -0.3 is 28.6 Å². The quantitative estimate of drug-likeness (QED) is 0.0197. The molecule has 0 fully saturated rings. The van der Waals surface area contributed by atoms with Gasteiger partial charge in [-0.2, -0.15) is 0 Å². The van der Waals surface area contributed by atoms with Crippen molar-refractivity contribution in [3.05, 3.63) is 109 Å². The number of carboxylic acids is 1. The summed E-state index contributed by atoms with van der Waals surface area (Å²) in [6.07, 6.45) is 62.6. The summed E-state index contributed by atoms with van der Waals surface area (Å²) in [5, 5.41) is 11.7. The Bertz CT molecular complexity index is 1410. The molecule has 0 bridgehead atoms. The summed E-state index contributed by atoms with van der Waals surface area (Å²) in [5.41, 5.74) is 0. The maximum Gasteiger partial charge on any atom is 0.306 e. The number of carbonyl (C=O) groups is 3. The Kier molecular flexibility index (Phi) is 42.7. The molecule has 0 aliphatic heterocycles. The van der Waals surface area contributed by atoms with Gasteiger partial charge in [-0.1, -0.05) is 207 Å². The molecule has 0 aromatic rings. The molecule has 0 aromatic carbocycles. The average Bonchev–Trinajstić information content (AvgIpc) is 3.26. The number of carboxylic acid groups (broad SMARTS) is 1. The van der Waals surface area contributed by atoms with Gasteiger partial charge >= 0.3 is 11.9 Å². The third-order valence-electron chi connectivity index (χ3n) is 10.6. The summed E-state index contributed by atoms with van der Waals surface area (Å²) < 4.78 is 17.2. The van der Waals surface area contributed by atoms with Crippen molar-refractivity contribution in [1.82, 2.24) is 0 Å². The lowest BCUT2D eigenvalue weighted by Crippen LogP contribution is -2.55. The van der Waals surface area contributed by atoms with E-state index < -0.39 is 18.1 Å². The van der Waals surface area contributed by atoms with Crippen molar-refractivity contribution < 1.29 is 38.2 Å². The molecule has 0 radical (unpaired) electrons. The Morgan fingerprint density at radius 1 is 0.484 bits per heavy atom. The van der Waals surface area contributed by atoms with E-state index in [9.17, 15) is 19.5 Å². The average molecular weight is 890 g/mol. The highest BCUT2D eigenvalue weighted by atomic mass is 16.6. The Balaban J connectivity index is 4.36. The lowest BCUT2D eigenvalue weighted by atomic mass is 10.0. The van der Waals surface area contributed by atoms with Crippen LogP contribution in [-0.2, 0) is 28.6 Å². The number of hydrogen-bond donors (Lipinski definition) is 0. The SMILES string of the molecule is CC/C=C/C=C/C=C/C=C/C=C/C=C/C=C/CCCCCC(=O)OCC(COCCC(C(=O)[O-])[N+](C)(C)C)OC(=O)CCCCCCCCCCCCCCCC/C=C/C/C=C/CC. The second kappa shape index (κ2) is 45.6. The van der Waals surface area contributed by atoms with Gasteiger partial charge in [-0.05, 0) is 57.8 Å². The standard InChI is InChI=1S/C56H91NO7/c1-6-8-10-12-14-16-18-20-22-24-26-27-29-31-33-35-37-39-41-43-45-47-55(59)64-52(50-62-49-48-53(56(60)61)57(3,4)5)51-63-54(58)46-44-42-40-38-36-34-32-30-28-25-23-21-19-17-15-13-11-9-7-2/h8-11,13-17,19,21,23,25,28,30,32,34,36,52-53H,6-7,12,18,20,22,24,26-27,29,31,33,35,37-51H2,1-5H3/b10-8+,11-9+,15-13+,16-14+,19-17+,23-21+,28-25+,32-30+,36-34+. The van der Waals surface area contributed by atoms with Crippen LogP contribution in [0.2, 0.25) is 0 Å². The van der Waals surface area contributed by atoms with Gasteiger partial charge in [0.15, 0.2) is 6.10 Å². The van der Waals surface area contributed by atoms with Crippen LogP contribution in [0.25, 0.3) is 0 Å². The second-order valence-electron chi connectivity index (χ2n) is 17.5. The van der Waals surface area contributed by atoms with Crippen molar-refractivity contribution in [2.75, 3.05) is 41.0 Å². The molecule has 2 unspecified atom stereocenters. The number of ether oxygens (including phenoxy) is 3. The van der Waals surface area contributed by atoms with E-state index in [-0.39, 0.29) is 49.1 Å². The Morgan fingerprint density at radius 3 is 1.41 bits per heavy atom. The molecule has 2 atom stereocenters. The van der Waals surface area contributed by atoms with Crippen LogP contribution in [0.1, 0.15) is 174 Å². The number of allylic oxidation sites excluding steroid dienone is 18. The van der Waals surface area contributed by atoms with E-state index in [0.717, 1.165) is 57.8 Å². The molecule has 0 saturated heterocycles. The first-order valence-electron chi connectivity index (χ1n) is 25.0. The Morgan fingerprint density at radius 2 is 0.906 bits per heavy atom. The molecule has 0 aromatic heterocycles. The molecule has 0 N–H and O–H groups in total. The molecule has 8 heteroatoms. The van der Waals surface area contributed by atoms with Crippen LogP contribution >= 0.6 is 0 Å². The number of esters is 2. The largest absolute Gasteiger partial charge is 0.544 e. The zero-order valence-corrected chi connectivity index (χ0v) is 41.2. The van der Waals surface area contributed by atoms with Gasteiger partial charge in [0, 0.05) is 19.3 Å². The van der Waals surface area contributed by atoms with Gasteiger partial charge in [-0.15, -0.1) is 0 Å². The zero-order chi connectivity index (χ0) is 47.0. The number of quaternary nitrogens is 1. The van der Waals surface area contributed by atoms with E-state index in [1.54, 1.807) is 21.1 Å². The molecule has 0 rings (SSSR count). The van der Waals surface area contributed by atoms with Crippen LogP contribution in [0, 0.1) is 0 Å². The normalized spacial score (nSPS) is 13.8. The van der Waals surface area contributed by atoms with Gasteiger partial charge in [-0.3, -0.25) is 9.59 Å². The lowest BCUT2D eigenvalue weighted by Gasteiger charge is -2.34. The second-order valence-corrected chi connectivity index (χ2v) is 17.5. The van der Waals surface area contributed by atoms with Crippen molar-refractivity contribution in [3.63, 3.8) is 0 Å². The number of rotatable bonds is 43. The van der Waals surface area contributed by atoms with Crippen LogP contribution < -0.4 is 5.11 Å². The van der Waals surface area contributed by atoms with Crippen LogP contribution in [0.5, 0.6) is 0 Å². The predicted molar refractivity (Wildman–Crippen MR) is 268 cm³/mol. The number of nitrogens with zero attached hydrogens (tertiary/aromatic N) is 1. The first-order valence-corrected chi connectivity index (χ1v) is 25.0. The first-order chi connectivity index (χ1) is 31.1. The molecule has 362 valence electrons. The fourth-order valence-electron chi connectivity index (χ4n) is 6.80. The van der Waals surface area contributed by atoms with Crippen molar-refractivity contribution in [1.29, 1.82) is 0 Å². The number of unbranched alkanes of at least 4 members (excludes halogenated alkanes) is 17. The summed E-state index contributed by atoms with van der Waals surface area (Å²) in [5.74, 6) is -1.80. The predicted octanol–water partition coefficient (Wildman–Crippen LogP) is 13.1. The summed E-state index contributed by atoms with van der Waals surface area (Å²) in [4.78, 5) is 37.0. The van der Waals surface area contributed by atoms with E-state index in [2.05, 4.69) is 50.3 Å². The van der Waals surface area contributed by atoms with Crippen molar-refractivity contribution in [2.45, 2.75) is 187 Å². The minimum Gasteiger partial charge on any atom is -0.544 e. The van der Waals surface area contributed by atoms with Gasteiger partial charge in [0.05, 0.1) is 40.3 Å². The fourth-order valence-corrected chi connectivity index (χ4v) is 6.80. The first kappa shape index (κ1) is 60.0. The highest BCUT2D eigenvalue weighted by molar-refractivity contribution is 5.70. The molecule has 0 amide bonds. The van der Waals surface area contributed by atoms with Crippen molar-refractivity contribution in [2.24, 2.45) is 0 Å². The highest BCUT2D eigenvalue weighted by Gasteiger charge is 2.25. The molecule has 8 nitrogen and oxygen atoms in total. The van der Waals surface area contributed by atoms with E-state index in [0.29, 0.717) is 12.8 Å². The van der Waals surface area contributed by atoms with Crippen LogP contribution in [-0.4, -0.2) is 75.5 Å². The van der Waals surface area contributed by atoms with E-state index >= 15 is 0 Å². The molecular weight excluding hydrogens is 799 g/mol. The third kappa shape index (κ3) is 43.3. The summed E-state index contributed by atoms with van der Waals surface area (Å²) >= 11 is 0. The van der Waals surface area contributed by atoms with Gasteiger partial charge in [0.25, 0.3) is 0 Å². The summed E-state index contributed by atoms with van der Waals surface area (Å²) in [6, 6.07) is -0.740. The third-order valence-corrected chi connectivity index (χ3v) is 10.6. The fraction of sp³-hybridized carbons (Fsp3) is 0.625. The number of aliphatic carboxylic acids is 1. The maximum atomic E-state index is 12.8. The van der Waals surface area contributed by atoms with Crippen molar-refractivity contribution >= 4 is 17.9 Å².